The van der Waals surface area contributed by atoms with Gasteiger partial charge in [-0.2, -0.15) is 0 Å². The van der Waals surface area contributed by atoms with Crippen LogP contribution in [0.25, 0.3) is 0 Å². The molecule has 1 aliphatic rings. The van der Waals surface area contributed by atoms with E-state index in [9.17, 15) is 4.79 Å². The number of thiophene rings is 1. The van der Waals surface area contributed by atoms with E-state index in [4.69, 9.17) is 23.2 Å². The number of carbonyl (C=O) groups excluding carboxylic acids is 1. The van der Waals surface area contributed by atoms with Crippen LogP contribution < -0.4 is 5.32 Å². The van der Waals surface area contributed by atoms with Crippen molar-refractivity contribution >= 4 is 40.4 Å². The molecular weight excluding hydrogens is 375 g/mol. The van der Waals surface area contributed by atoms with E-state index in [1.165, 1.54) is 17.7 Å². The Balaban J connectivity index is 1.72. The van der Waals surface area contributed by atoms with Crippen LogP contribution in [-0.2, 0) is 0 Å². The molecule has 1 aliphatic heterocycles. The lowest BCUT2D eigenvalue weighted by Crippen LogP contribution is -2.41. The lowest BCUT2D eigenvalue weighted by atomic mass is 9.97. The van der Waals surface area contributed by atoms with E-state index in [2.05, 4.69) is 34.7 Å². The molecule has 1 saturated heterocycles. The lowest BCUT2D eigenvalue weighted by Gasteiger charge is -2.36. The van der Waals surface area contributed by atoms with Gasteiger partial charge in [0.05, 0.1) is 21.7 Å². The number of rotatable bonds is 5. The van der Waals surface area contributed by atoms with Gasteiger partial charge in [-0.25, -0.2) is 0 Å². The Labute approximate surface area is 162 Å². The van der Waals surface area contributed by atoms with Crippen molar-refractivity contribution in [2.24, 2.45) is 5.92 Å². The zero-order valence-electron chi connectivity index (χ0n) is 14.2. The minimum atomic E-state index is -0.220. The normalized spacial score (nSPS) is 17.4. The second-order valence-corrected chi connectivity index (χ2v) is 8.35. The number of hydrogen-bond acceptors (Lipinski definition) is 3. The van der Waals surface area contributed by atoms with Gasteiger partial charge in [0.25, 0.3) is 5.91 Å². The summed E-state index contributed by atoms with van der Waals surface area (Å²) < 4.78 is 0. The van der Waals surface area contributed by atoms with E-state index in [0.717, 1.165) is 19.0 Å². The van der Waals surface area contributed by atoms with Crippen LogP contribution in [0.15, 0.2) is 35.7 Å². The number of nitrogens with zero attached hydrogens (tertiary/aromatic N) is 1. The van der Waals surface area contributed by atoms with Crippen LogP contribution in [0.3, 0.4) is 0 Å². The molecule has 0 saturated carbocycles. The molecule has 1 aromatic heterocycles. The van der Waals surface area contributed by atoms with Gasteiger partial charge in [-0.3, -0.25) is 9.69 Å². The standard InChI is InChI=1S/C19H22Cl2N2OS/c1-13-7-9-23(10-8-13)16(17-6-3-11-25-17)12-22-19(24)18-14(20)4-2-5-15(18)21/h2-6,11,13,16H,7-10,12H2,1H3,(H,22,24). The first-order chi connectivity index (χ1) is 12.1. The highest BCUT2D eigenvalue weighted by atomic mass is 35.5. The van der Waals surface area contributed by atoms with Crippen LogP contribution in [0, 0.1) is 5.92 Å². The molecule has 0 spiro atoms. The first-order valence-electron chi connectivity index (χ1n) is 8.56. The van der Waals surface area contributed by atoms with Gasteiger partial charge in [-0.1, -0.05) is 42.3 Å². The molecule has 0 radical (unpaired) electrons. The smallest absolute Gasteiger partial charge is 0.254 e. The molecule has 0 bridgehead atoms. The third-order valence-electron chi connectivity index (χ3n) is 4.78. The molecule has 6 heteroatoms. The van der Waals surface area contributed by atoms with Crippen molar-refractivity contribution in [1.82, 2.24) is 10.2 Å². The predicted molar refractivity (Wildman–Crippen MR) is 106 cm³/mol. The van der Waals surface area contributed by atoms with Crippen LogP contribution in [-0.4, -0.2) is 30.4 Å². The molecule has 3 nitrogen and oxygen atoms in total. The highest BCUT2D eigenvalue weighted by molar-refractivity contribution is 7.10. The molecule has 2 aromatic rings. The van der Waals surface area contributed by atoms with E-state index in [1.807, 2.05) is 0 Å². The van der Waals surface area contributed by atoms with Crippen LogP contribution in [0.1, 0.15) is 41.0 Å². The third kappa shape index (κ3) is 4.56. The second kappa shape index (κ2) is 8.54. The summed E-state index contributed by atoms with van der Waals surface area (Å²) in [7, 11) is 0. The highest BCUT2D eigenvalue weighted by Gasteiger charge is 2.26. The Morgan fingerprint density at radius 3 is 2.52 bits per heavy atom. The van der Waals surface area contributed by atoms with Gasteiger partial charge >= 0.3 is 0 Å². The molecule has 0 aliphatic carbocycles. The first kappa shape index (κ1) is 18.7. The summed E-state index contributed by atoms with van der Waals surface area (Å²) in [5.74, 6) is 0.555. The molecule has 134 valence electrons. The minimum Gasteiger partial charge on any atom is -0.350 e. The fourth-order valence-corrected chi connectivity index (χ4v) is 4.65. The van der Waals surface area contributed by atoms with Crippen molar-refractivity contribution in [2.75, 3.05) is 19.6 Å². The Hall–Kier alpha value is -1.07. The fourth-order valence-electron chi connectivity index (χ4n) is 3.22. The minimum absolute atomic E-state index is 0.192. The number of amides is 1. The van der Waals surface area contributed by atoms with Crippen LogP contribution in [0.2, 0.25) is 10.0 Å². The maximum absolute atomic E-state index is 12.6. The quantitative estimate of drug-likeness (QED) is 0.747. The van der Waals surface area contributed by atoms with Crippen molar-refractivity contribution in [1.29, 1.82) is 0 Å². The van der Waals surface area contributed by atoms with Gasteiger partial charge < -0.3 is 5.32 Å². The molecular formula is C19H22Cl2N2OS. The summed E-state index contributed by atoms with van der Waals surface area (Å²) in [4.78, 5) is 16.4. The molecule has 1 amide bonds. The molecule has 2 heterocycles. The zero-order chi connectivity index (χ0) is 17.8. The van der Waals surface area contributed by atoms with Crippen LogP contribution in [0.5, 0.6) is 0 Å². The van der Waals surface area contributed by atoms with Gasteiger partial charge in [0.2, 0.25) is 0 Å². The number of hydrogen-bond donors (Lipinski definition) is 1. The van der Waals surface area contributed by atoms with Gasteiger partial charge in [0.1, 0.15) is 0 Å². The maximum Gasteiger partial charge on any atom is 0.254 e. The Kier molecular flexibility index (Phi) is 6.39. The van der Waals surface area contributed by atoms with Crippen molar-refractivity contribution < 1.29 is 4.79 Å². The fraction of sp³-hybridized carbons (Fsp3) is 0.421. The number of benzene rings is 1. The van der Waals surface area contributed by atoms with Crippen molar-refractivity contribution in [3.63, 3.8) is 0 Å². The average Bonchev–Trinajstić information content (AvgIpc) is 3.11. The summed E-state index contributed by atoms with van der Waals surface area (Å²) in [6, 6.07) is 9.51. The molecule has 1 unspecified atom stereocenters. The highest BCUT2D eigenvalue weighted by Crippen LogP contribution is 2.30. The third-order valence-corrected chi connectivity index (χ3v) is 6.38. The first-order valence-corrected chi connectivity index (χ1v) is 10.2. The van der Waals surface area contributed by atoms with Crippen molar-refractivity contribution in [2.45, 2.75) is 25.8 Å². The molecule has 25 heavy (non-hydrogen) atoms. The van der Waals surface area contributed by atoms with Gasteiger partial charge in [0, 0.05) is 11.4 Å². The summed E-state index contributed by atoms with van der Waals surface area (Å²) in [6.45, 7) is 4.98. The second-order valence-electron chi connectivity index (χ2n) is 6.56. The number of piperidine rings is 1. The van der Waals surface area contributed by atoms with E-state index >= 15 is 0 Å². The Bertz CT molecular complexity index is 692. The number of halogens is 2. The lowest BCUT2D eigenvalue weighted by molar-refractivity contribution is 0.0915. The van der Waals surface area contributed by atoms with E-state index in [1.54, 1.807) is 29.5 Å². The van der Waals surface area contributed by atoms with Crippen LogP contribution in [0.4, 0.5) is 0 Å². The SMILES string of the molecule is CC1CCN(C(CNC(=O)c2c(Cl)cccc2Cl)c2cccs2)CC1. The largest absolute Gasteiger partial charge is 0.350 e. The van der Waals surface area contributed by atoms with Crippen molar-refractivity contribution in [3.8, 4) is 0 Å². The molecule has 1 N–H and O–H groups in total. The molecule has 3 rings (SSSR count). The Morgan fingerprint density at radius 2 is 1.92 bits per heavy atom. The average molecular weight is 397 g/mol. The predicted octanol–water partition coefficient (Wildman–Crippen LogP) is 5.26. The summed E-state index contributed by atoms with van der Waals surface area (Å²) in [5.41, 5.74) is 0.350. The summed E-state index contributed by atoms with van der Waals surface area (Å²) in [6.07, 6.45) is 2.40. The van der Waals surface area contributed by atoms with Gasteiger partial charge in [-0.05, 0) is 55.4 Å². The number of likely N-dealkylation sites (tertiary alicyclic amines) is 1. The zero-order valence-corrected chi connectivity index (χ0v) is 16.5. The van der Waals surface area contributed by atoms with Crippen molar-refractivity contribution in [3.05, 3.63) is 56.2 Å². The van der Waals surface area contributed by atoms with Gasteiger partial charge in [0.15, 0.2) is 0 Å². The summed E-state index contributed by atoms with van der Waals surface area (Å²) in [5, 5.41) is 5.88. The Morgan fingerprint density at radius 1 is 1.24 bits per heavy atom. The number of nitrogens with one attached hydrogen (secondary N) is 1. The maximum atomic E-state index is 12.6. The van der Waals surface area contributed by atoms with E-state index < -0.39 is 0 Å². The van der Waals surface area contributed by atoms with Crippen LogP contribution >= 0.6 is 34.5 Å². The van der Waals surface area contributed by atoms with E-state index in [-0.39, 0.29) is 11.9 Å². The monoisotopic (exact) mass is 396 g/mol. The molecule has 1 fully saturated rings. The number of carbonyl (C=O) groups is 1. The molecule has 1 aromatic carbocycles. The van der Waals surface area contributed by atoms with Gasteiger partial charge in [-0.15, -0.1) is 11.3 Å². The van der Waals surface area contributed by atoms with E-state index in [0.29, 0.717) is 22.2 Å². The summed E-state index contributed by atoms with van der Waals surface area (Å²) >= 11 is 14.0. The topological polar surface area (TPSA) is 32.3 Å². The molecule has 1 atom stereocenters.